The second-order valence-electron chi connectivity index (χ2n) is 3.63. The predicted octanol–water partition coefficient (Wildman–Crippen LogP) is 1.69. The average Bonchev–Trinajstić information content (AvgIpc) is 2.39. The molecule has 100 valence electrons. The summed E-state index contributed by atoms with van der Waals surface area (Å²) in [4.78, 5) is 11.7. The van der Waals surface area contributed by atoms with E-state index in [2.05, 4.69) is 5.32 Å². The van der Waals surface area contributed by atoms with Gasteiger partial charge in [0, 0.05) is 12.8 Å². The molecular formula is C13H19NO4. The molecule has 0 aliphatic rings. The first kappa shape index (κ1) is 14.3. The van der Waals surface area contributed by atoms with E-state index in [0.717, 1.165) is 11.4 Å². The van der Waals surface area contributed by atoms with Crippen molar-refractivity contribution in [2.45, 2.75) is 13.0 Å². The van der Waals surface area contributed by atoms with Crippen molar-refractivity contribution in [3.8, 4) is 5.75 Å². The summed E-state index contributed by atoms with van der Waals surface area (Å²) in [5.74, 6) is 0.440. The maximum absolute atomic E-state index is 11.7. The number of methoxy groups -OCH3 is 2. The molecule has 5 nitrogen and oxygen atoms in total. The van der Waals surface area contributed by atoms with Gasteiger partial charge in [0.05, 0.1) is 20.3 Å². The Morgan fingerprint density at radius 3 is 2.44 bits per heavy atom. The third-order valence-electron chi connectivity index (χ3n) is 2.34. The highest BCUT2D eigenvalue weighted by atomic mass is 16.5. The maximum Gasteiger partial charge on any atom is 0.330 e. The van der Waals surface area contributed by atoms with Gasteiger partial charge in [0.2, 0.25) is 0 Å². The lowest BCUT2D eigenvalue weighted by Crippen LogP contribution is -2.35. The van der Waals surface area contributed by atoms with Crippen molar-refractivity contribution in [2.75, 3.05) is 32.8 Å². The first-order valence-electron chi connectivity index (χ1n) is 5.77. The molecule has 1 unspecified atom stereocenters. The highest BCUT2D eigenvalue weighted by molar-refractivity contribution is 5.79. The fraction of sp³-hybridized carbons (Fsp3) is 0.462. The molecule has 0 spiro atoms. The fourth-order valence-electron chi connectivity index (χ4n) is 1.47. The van der Waals surface area contributed by atoms with E-state index in [-0.39, 0.29) is 12.6 Å². The Hall–Kier alpha value is -1.75. The second kappa shape index (κ2) is 7.55. The summed E-state index contributed by atoms with van der Waals surface area (Å²) in [5.41, 5.74) is 0.811. The minimum Gasteiger partial charge on any atom is -0.497 e. The quantitative estimate of drug-likeness (QED) is 0.749. The van der Waals surface area contributed by atoms with Gasteiger partial charge in [0.1, 0.15) is 11.8 Å². The molecule has 1 rings (SSSR count). The van der Waals surface area contributed by atoms with Gasteiger partial charge in [0.15, 0.2) is 0 Å². The van der Waals surface area contributed by atoms with E-state index in [1.807, 2.05) is 24.3 Å². The van der Waals surface area contributed by atoms with Crippen LogP contribution in [0.5, 0.6) is 5.75 Å². The summed E-state index contributed by atoms with van der Waals surface area (Å²) >= 11 is 0. The number of esters is 1. The van der Waals surface area contributed by atoms with Crippen LogP contribution in [0.1, 0.15) is 6.92 Å². The van der Waals surface area contributed by atoms with Crippen LogP contribution in [-0.4, -0.2) is 39.4 Å². The van der Waals surface area contributed by atoms with Gasteiger partial charge in [-0.1, -0.05) is 0 Å². The van der Waals surface area contributed by atoms with Crippen molar-refractivity contribution >= 4 is 11.7 Å². The Balaban J connectivity index is 2.66. The molecule has 0 saturated carbocycles. The van der Waals surface area contributed by atoms with E-state index in [0.29, 0.717) is 6.61 Å². The van der Waals surface area contributed by atoms with Crippen LogP contribution in [0.25, 0.3) is 0 Å². The Bertz CT molecular complexity index is 364. The van der Waals surface area contributed by atoms with Gasteiger partial charge in [-0.2, -0.15) is 0 Å². The molecular weight excluding hydrogens is 234 g/mol. The first-order chi connectivity index (χ1) is 8.71. The molecule has 1 atom stereocenters. The minimum atomic E-state index is -0.511. The number of hydrogen-bond acceptors (Lipinski definition) is 5. The van der Waals surface area contributed by atoms with E-state index in [1.54, 1.807) is 21.1 Å². The Labute approximate surface area is 107 Å². The molecule has 1 aromatic carbocycles. The molecule has 0 heterocycles. The van der Waals surface area contributed by atoms with Crippen LogP contribution in [0.4, 0.5) is 5.69 Å². The van der Waals surface area contributed by atoms with Crippen LogP contribution < -0.4 is 10.1 Å². The monoisotopic (exact) mass is 253 g/mol. The van der Waals surface area contributed by atoms with Crippen LogP contribution in [0.15, 0.2) is 24.3 Å². The number of anilines is 1. The molecule has 0 saturated heterocycles. The molecule has 0 fully saturated rings. The number of nitrogens with one attached hydrogen (secondary N) is 1. The van der Waals surface area contributed by atoms with E-state index in [9.17, 15) is 4.79 Å². The smallest absolute Gasteiger partial charge is 0.330 e. The molecule has 1 aromatic rings. The lowest BCUT2D eigenvalue weighted by molar-refractivity contribution is -0.145. The Morgan fingerprint density at radius 2 is 1.94 bits per heavy atom. The van der Waals surface area contributed by atoms with Crippen molar-refractivity contribution in [2.24, 2.45) is 0 Å². The van der Waals surface area contributed by atoms with Crippen LogP contribution >= 0.6 is 0 Å². The number of carbonyl (C=O) groups is 1. The van der Waals surface area contributed by atoms with Gasteiger partial charge >= 0.3 is 5.97 Å². The van der Waals surface area contributed by atoms with E-state index >= 15 is 0 Å². The van der Waals surface area contributed by atoms with Crippen molar-refractivity contribution in [3.05, 3.63) is 24.3 Å². The number of carbonyl (C=O) groups excluding carboxylic acids is 1. The van der Waals surface area contributed by atoms with Crippen LogP contribution in [0.3, 0.4) is 0 Å². The van der Waals surface area contributed by atoms with E-state index in [4.69, 9.17) is 14.2 Å². The summed E-state index contributed by atoms with van der Waals surface area (Å²) < 4.78 is 15.0. The molecule has 5 heteroatoms. The van der Waals surface area contributed by atoms with Crippen LogP contribution in [-0.2, 0) is 14.3 Å². The summed E-state index contributed by atoms with van der Waals surface area (Å²) in [5, 5.41) is 3.06. The standard InChI is InChI=1S/C13H19NO4/c1-4-18-13(15)12(9-16-2)14-10-5-7-11(17-3)8-6-10/h5-8,12,14H,4,9H2,1-3H3. The van der Waals surface area contributed by atoms with Gasteiger partial charge < -0.3 is 19.5 Å². The zero-order valence-electron chi connectivity index (χ0n) is 10.9. The molecule has 0 aromatic heterocycles. The van der Waals surface area contributed by atoms with Crippen molar-refractivity contribution in [1.82, 2.24) is 0 Å². The third-order valence-corrected chi connectivity index (χ3v) is 2.34. The van der Waals surface area contributed by atoms with Crippen LogP contribution in [0, 0.1) is 0 Å². The maximum atomic E-state index is 11.7. The van der Waals surface area contributed by atoms with E-state index < -0.39 is 6.04 Å². The fourth-order valence-corrected chi connectivity index (χ4v) is 1.47. The minimum absolute atomic E-state index is 0.255. The summed E-state index contributed by atoms with van der Waals surface area (Å²) in [6.07, 6.45) is 0. The highest BCUT2D eigenvalue weighted by Gasteiger charge is 2.19. The summed E-state index contributed by atoms with van der Waals surface area (Å²) in [7, 11) is 3.15. The third kappa shape index (κ3) is 4.25. The van der Waals surface area contributed by atoms with Crippen molar-refractivity contribution in [3.63, 3.8) is 0 Å². The SMILES string of the molecule is CCOC(=O)C(COC)Nc1ccc(OC)cc1. The number of ether oxygens (including phenoxy) is 3. The largest absolute Gasteiger partial charge is 0.497 e. The number of hydrogen-bond donors (Lipinski definition) is 1. The molecule has 18 heavy (non-hydrogen) atoms. The molecule has 0 radical (unpaired) electrons. The summed E-state index contributed by atoms with van der Waals surface area (Å²) in [6.45, 7) is 2.38. The van der Waals surface area contributed by atoms with Gasteiger partial charge in [-0.25, -0.2) is 4.79 Å². The molecule has 0 bridgehead atoms. The summed E-state index contributed by atoms with van der Waals surface area (Å²) in [6, 6.07) is 6.79. The molecule has 0 aliphatic carbocycles. The zero-order valence-corrected chi connectivity index (χ0v) is 10.9. The zero-order chi connectivity index (χ0) is 13.4. The van der Waals surface area contributed by atoms with Gasteiger partial charge in [-0.3, -0.25) is 0 Å². The molecule has 0 amide bonds. The normalized spacial score (nSPS) is 11.7. The molecule has 1 N–H and O–H groups in total. The van der Waals surface area contributed by atoms with Gasteiger partial charge in [-0.05, 0) is 31.2 Å². The topological polar surface area (TPSA) is 56.8 Å². The Kier molecular flexibility index (Phi) is 6.00. The van der Waals surface area contributed by atoms with Gasteiger partial charge in [-0.15, -0.1) is 0 Å². The second-order valence-corrected chi connectivity index (χ2v) is 3.63. The first-order valence-corrected chi connectivity index (χ1v) is 5.77. The average molecular weight is 253 g/mol. The Morgan fingerprint density at radius 1 is 1.28 bits per heavy atom. The highest BCUT2D eigenvalue weighted by Crippen LogP contribution is 2.16. The lowest BCUT2D eigenvalue weighted by atomic mass is 10.2. The number of benzene rings is 1. The number of rotatable bonds is 7. The van der Waals surface area contributed by atoms with E-state index in [1.165, 1.54) is 0 Å². The predicted molar refractivity (Wildman–Crippen MR) is 68.9 cm³/mol. The molecule has 0 aliphatic heterocycles. The lowest BCUT2D eigenvalue weighted by Gasteiger charge is -2.17. The van der Waals surface area contributed by atoms with Crippen molar-refractivity contribution in [1.29, 1.82) is 0 Å². The van der Waals surface area contributed by atoms with Gasteiger partial charge in [0.25, 0.3) is 0 Å². The van der Waals surface area contributed by atoms with Crippen LogP contribution in [0.2, 0.25) is 0 Å². The van der Waals surface area contributed by atoms with Crippen molar-refractivity contribution < 1.29 is 19.0 Å².